The van der Waals surface area contributed by atoms with Gasteiger partial charge in [-0.15, -0.1) is 0 Å². The van der Waals surface area contributed by atoms with Crippen molar-refractivity contribution >= 4 is 33.0 Å². The highest BCUT2D eigenvalue weighted by molar-refractivity contribution is 7.21. The minimum atomic E-state index is 0.662. The summed E-state index contributed by atoms with van der Waals surface area (Å²) in [5, 5.41) is 2.40. The van der Waals surface area contributed by atoms with Crippen LogP contribution in [0.3, 0.4) is 0 Å². The van der Waals surface area contributed by atoms with Crippen LogP contribution in [0.15, 0.2) is 48.8 Å². The fourth-order valence-electron chi connectivity index (χ4n) is 1.57. The van der Waals surface area contributed by atoms with E-state index < -0.39 is 0 Å². The Morgan fingerprint density at radius 3 is 2.76 bits per heavy atom. The lowest BCUT2D eigenvalue weighted by atomic mass is 10.3. The molecule has 0 spiro atoms. The first-order valence-electron chi connectivity index (χ1n) is 5.09. The molecule has 84 valence electrons. The van der Waals surface area contributed by atoms with E-state index in [1.165, 1.54) is 11.3 Å². The third-order valence-electron chi connectivity index (χ3n) is 2.35. The van der Waals surface area contributed by atoms with Gasteiger partial charge in [0.2, 0.25) is 5.06 Å². The van der Waals surface area contributed by atoms with Crippen molar-refractivity contribution in [2.24, 2.45) is 0 Å². The average Bonchev–Trinajstić information content (AvgIpc) is 2.68. The molecule has 3 rings (SSSR count). The molecule has 0 atom stereocenters. The van der Waals surface area contributed by atoms with E-state index in [1.54, 1.807) is 12.4 Å². The first-order valence-corrected chi connectivity index (χ1v) is 6.29. The minimum Gasteiger partial charge on any atom is -0.443 e. The van der Waals surface area contributed by atoms with E-state index in [1.807, 2.05) is 36.4 Å². The number of pyridine rings is 1. The molecule has 2 nitrogen and oxygen atoms in total. The van der Waals surface area contributed by atoms with Crippen molar-refractivity contribution in [3.05, 3.63) is 53.8 Å². The maximum absolute atomic E-state index is 6.27. The highest BCUT2D eigenvalue weighted by Gasteiger charge is 2.11. The van der Waals surface area contributed by atoms with Crippen molar-refractivity contribution in [2.75, 3.05) is 0 Å². The van der Waals surface area contributed by atoms with Gasteiger partial charge >= 0.3 is 0 Å². The van der Waals surface area contributed by atoms with E-state index in [9.17, 15) is 0 Å². The summed E-state index contributed by atoms with van der Waals surface area (Å²) in [4.78, 5) is 4.00. The SMILES string of the molecule is Clc1c(Oc2cccnc2)sc2ccccc12. The monoisotopic (exact) mass is 261 g/mol. The Morgan fingerprint density at radius 2 is 2.00 bits per heavy atom. The van der Waals surface area contributed by atoms with Gasteiger partial charge in [0.05, 0.1) is 6.20 Å². The topological polar surface area (TPSA) is 22.1 Å². The third-order valence-corrected chi connectivity index (χ3v) is 3.89. The summed E-state index contributed by atoms with van der Waals surface area (Å²) >= 11 is 7.81. The van der Waals surface area contributed by atoms with Crippen LogP contribution in [0, 0.1) is 0 Å². The number of nitrogens with zero attached hydrogens (tertiary/aromatic N) is 1. The molecule has 0 aliphatic carbocycles. The van der Waals surface area contributed by atoms with Crippen LogP contribution in [0.4, 0.5) is 0 Å². The Balaban J connectivity index is 2.04. The van der Waals surface area contributed by atoms with Gasteiger partial charge in [-0.3, -0.25) is 4.98 Å². The summed E-state index contributed by atoms with van der Waals surface area (Å²) in [6.07, 6.45) is 3.38. The molecule has 2 aromatic heterocycles. The van der Waals surface area contributed by atoms with Crippen molar-refractivity contribution in [1.82, 2.24) is 4.98 Å². The number of benzene rings is 1. The summed E-state index contributed by atoms with van der Waals surface area (Å²) < 4.78 is 6.84. The number of halogens is 1. The summed E-state index contributed by atoms with van der Waals surface area (Å²) in [7, 11) is 0. The van der Waals surface area contributed by atoms with Crippen LogP contribution in [-0.2, 0) is 0 Å². The molecule has 4 heteroatoms. The van der Waals surface area contributed by atoms with Crippen LogP contribution < -0.4 is 4.74 Å². The Bertz CT molecular complexity index is 651. The summed E-state index contributed by atoms with van der Waals surface area (Å²) in [6.45, 7) is 0. The number of aromatic nitrogens is 1. The molecule has 0 aliphatic rings. The zero-order valence-electron chi connectivity index (χ0n) is 8.76. The van der Waals surface area contributed by atoms with Gasteiger partial charge in [0.25, 0.3) is 0 Å². The zero-order valence-corrected chi connectivity index (χ0v) is 10.3. The number of hydrogen-bond donors (Lipinski definition) is 0. The molecular weight excluding hydrogens is 254 g/mol. The van der Waals surface area contributed by atoms with Crippen molar-refractivity contribution < 1.29 is 4.74 Å². The Morgan fingerprint density at radius 1 is 1.12 bits per heavy atom. The van der Waals surface area contributed by atoms with Crippen molar-refractivity contribution in [1.29, 1.82) is 0 Å². The first-order chi connectivity index (χ1) is 8.34. The Hall–Kier alpha value is -1.58. The molecule has 0 aliphatic heterocycles. The molecule has 0 fully saturated rings. The van der Waals surface area contributed by atoms with E-state index in [4.69, 9.17) is 16.3 Å². The number of ether oxygens (including phenoxy) is 1. The van der Waals surface area contributed by atoms with Crippen LogP contribution in [-0.4, -0.2) is 4.98 Å². The molecule has 17 heavy (non-hydrogen) atoms. The van der Waals surface area contributed by atoms with Crippen LogP contribution in [0.1, 0.15) is 0 Å². The smallest absolute Gasteiger partial charge is 0.200 e. The van der Waals surface area contributed by atoms with Gasteiger partial charge in [-0.1, -0.05) is 41.1 Å². The maximum atomic E-state index is 6.27. The second-order valence-electron chi connectivity index (χ2n) is 3.49. The third kappa shape index (κ3) is 1.99. The van der Waals surface area contributed by atoms with Gasteiger partial charge < -0.3 is 4.74 Å². The molecule has 0 saturated heterocycles. The highest BCUT2D eigenvalue weighted by Crippen LogP contribution is 2.43. The zero-order chi connectivity index (χ0) is 11.7. The molecule has 0 saturated carbocycles. The van der Waals surface area contributed by atoms with Crippen LogP contribution >= 0.6 is 22.9 Å². The van der Waals surface area contributed by atoms with E-state index in [-0.39, 0.29) is 0 Å². The molecule has 1 aromatic carbocycles. The molecule has 3 aromatic rings. The molecule has 0 amide bonds. The molecule has 0 unspecified atom stereocenters. The molecule has 0 bridgehead atoms. The second kappa shape index (κ2) is 4.35. The lowest BCUT2D eigenvalue weighted by Gasteiger charge is -2.01. The van der Waals surface area contributed by atoms with Crippen molar-refractivity contribution in [3.8, 4) is 10.8 Å². The Labute approximate surface area is 107 Å². The molecular formula is C13H8ClNOS. The Kier molecular flexibility index (Phi) is 2.71. The predicted molar refractivity (Wildman–Crippen MR) is 71.1 cm³/mol. The largest absolute Gasteiger partial charge is 0.443 e. The number of fused-ring (bicyclic) bond motifs is 1. The summed E-state index contributed by atoms with van der Waals surface area (Å²) in [5.41, 5.74) is 0. The maximum Gasteiger partial charge on any atom is 0.200 e. The lowest BCUT2D eigenvalue weighted by Crippen LogP contribution is -1.81. The highest BCUT2D eigenvalue weighted by atomic mass is 35.5. The predicted octanol–water partition coefficient (Wildman–Crippen LogP) is 4.74. The molecule has 0 radical (unpaired) electrons. The normalized spacial score (nSPS) is 10.6. The van der Waals surface area contributed by atoms with Crippen molar-refractivity contribution in [3.63, 3.8) is 0 Å². The summed E-state index contributed by atoms with van der Waals surface area (Å²) in [5.74, 6) is 0.695. The van der Waals surface area contributed by atoms with Gasteiger partial charge in [0.15, 0.2) is 0 Å². The first kappa shape index (κ1) is 10.6. The van der Waals surface area contributed by atoms with Crippen LogP contribution in [0.5, 0.6) is 10.8 Å². The van der Waals surface area contributed by atoms with Gasteiger partial charge in [-0.25, -0.2) is 0 Å². The fourth-order valence-corrected chi connectivity index (χ4v) is 2.91. The average molecular weight is 262 g/mol. The second-order valence-corrected chi connectivity index (χ2v) is 4.88. The van der Waals surface area contributed by atoms with E-state index in [0.29, 0.717) is 15.8 Å². The van der Waals surface area contributed by atoms with Crippen LogP contribution in [0.2, 0.25) is 5.02 Å². The van der Waals surface area contributed by atoms with E-state index in [0.717, 1.165) is 10.1 Å². The van der Waals surface area contributed by atoms with Crippen LogP contribution in [0.25, 0.3) is 10.1 Å². The van der Waals surface area contributed by atoms with Gasteiger partial charge in [-0.2, -0.15) is 0 Å². The number of thiophene rings is 1. The minimum absolute atomic E-state index is 0.662. The standard InChI is InChI=1S/C13H8ClNOS/c14-12-10-5-1-2-6-11(10)17-13(12)16-9-4-3-7-15-8-9/h1-8H. The van der Waals surface area contributed by atoms with Gasteiger partial charge in [0.1, 0.15) is 10.8 Å². The molecule has 2 heterocycles. The molecule has 0 N–H and O–H groups in total. The van der Waals surface area contributed by atoms with E-state index >= 15 is 0 Å². The van der Waals surface area contributed by atoms with Gasteiger partial charge in [0, 0.05) is 16.3 Å². The quantitative estimate of drug-likeness (QED) is 0.665. The van der Waals surface area contributed by atoms with E-state index in [2.05, 4.69) is 4.98 Å². The lowest BCUT2D eigenvalue weighted by molar-refractivity contribution is 0.494. The van der Waals surface area contributed by atoms with Gasteiger partial charge in [-0.05, 0) is 18.2 Å². The number of hydrogen-bond acceptors (Lipinski definition) is 3. The number of rotatable bonds is 2. The summed E-state index contributed by atoms with van der Waals surface area (Å²) in [6, 6.07) is 11.7. The van der Waals surface area contributed by atoms with Crippen molar-refractivity contribution in [2.45, 2.75) is 0 Å². The fraction of sp³-hybridized carbons (Fsp3) is 0.